The molecule has 2 aliphatic rings. The van der Waals surface area contributed by atoms with E-state index < -0.39 is 0 Å². The highest BCUT2D eigenvalue weighted by molar-refractivity contribution is 7.26. The largest absolute Gasteiger partial charge is 0.311 e. The average molecular weight is 791 g/mol. The minimum Gasteiger partial charge on any atom is -0.311 e. The summed E-state index contributed by atoms with van der Waals surface area (Å²) in [7, 11) is 0. The van der Waals surface area contributed by atoms with E-state index in [1.54, 1.807) is 0 Å². The first-order chi connectivity index (χ1) is 27.6. The average Bonchev–Trinajstić information content (AvgIpc) is 3.77. The van der Waals surface area contributed by atoms with Crippen molar-refractivity contribution in [1.29, 1.82) is 0 Å². The first-order valence-corrected chi connectivity index (χ1v) is 22.3. The maximum atomic E-state index is 2.65. The van der Waals surface area contributed by atoms with Crippen LogP contribution in [0.1, 0.15) is 80.5 Å². The molecule has 0 spiro atoms. The third-order valence-electron chi connectivity index (χ3n) is 12.6. The number of thiophene rings is 2. The molecule has 4 heterocycles. The number of aryl methyl sites for hydroxylation is 5. The van der Waals surface area contributed by atoms with Gasteiger partial charge in [0.1, 0.15) is 0 Å². The van der Waals surface area contributed by atoms with Crippen molar-refractivity contribution in [2.75, 3.05) is 9.80 Å². The van der Waals surface area contributed by atoms with Crippen molar-refractivity contribution in [3.8, 4) is 10.4 Å². The maximum absolute atomic E-state index is 2.65. The molecule has 0 unspecified atom stereocenters. The van der Waals surface area contributed by atoms with Crippen LogP contribution in [-0.4, -0.2) is 6.71 Å². The van der Waals surface area contributed by atoms with Gasteiger partial charge in [-0.05, 0) is 160 Å². The van der Waals surface area contributed by atoms with Crippen molar-refractivity contribution in [1.82, 2.24) is 0 Å². The lowest BCUT2D eigenvalue weighted by molar-refractivity contribution is 0.589. The van der Waals surface area contributed by atoms with Crippen LogP contribution >= 0.6 is 22.7 Å². The van der Waals surface area contributed by atoms with E-state index in [9.17, 15) is 0 Å². The van der Waals surface area contributed by atoms with Crippen LogP contribution in [0.25, 0.3) is 30.6 Å². The van der Waals surface area contributed by atoms with Gasteiger partial charge in [-0.3, -0.25) is 0 Å². The monoisotopic (exact) mass is 790 g/mol. The highest BCUT2D eigenvalue weighted by Crippen LogP contribution is 2.51. The molecule has 6 aromatic carbocycles. The lowest BCUT2D eigenvalue weighted by atomic mass is 9.33. The molecule has 0 saturated heterocycles. The fraction of sp³-hybridized carbons (Fsp3) is 0.245. The molecule has 0 N–H and O–H groups in total. The SMILES string of the molecule is Cc1ccc2c(c1)B1c3c(cccc3N(c3c(C)cc(C(C)(C)C)cc3C)c3sc4ccc(C(C)(C)C)cc4c31)N2c1c(C)cc(-c2cc3ccccc3s2)cc1C. The highest BCUT2D eigenvalue weighted by Gasteiger charge is 2.46. The summed E-state index contributed by atoms with van der Waals surface area (Å²) < 4.78 is 2.68. The van der Waals surface area contributed by atoms with Crippen LogP contribution in [0.3, 0.4) is 0 Å². The Labute approximate surface area is 352 Å². The lowest BCUT2D eigenvalue weighted by Crippen LogP contribution is -2.61. The number of anilines is 6. The summed E-state index contributed by atoms with van der Waals surface area (Å²) in [5.41, 5.74) is 21.2. The van der Waals surface area contributed by atoms with E-state index >= 15 is 0 Å². The Kier molecular flexibility index (Phi) is 8.31. The van der Waals surface area contributed by atoms with Gasteiger partial charge in [0.15, 0.2) is 0 Å². The van der Waals surface area contributed by atoms with E-state index in [4.69, 9.17) is 0 Å². The molecular formula is C53H51BN2S2. The molecule has 0 atom stereocenters. The van der Waals surface area contributed by atoms with Crippen LogP contribution in [0, 0.1) is 34.6 Å². The molecule has 2 aromatic heterocycles. The van der Waals surface area contributed by atoms with E-state index in [0.717, 1.165) is 0 Å². The summed E-state index contributed by atoms with van der Waals surface area (Å²) >= 11 is 3.84. The number of hydrogen-bond donors (Lipinski definition) is 0. The number of fused-ring (bicyclic) bond motifs is 7. The fourth-order valence-electron chi connectivity index (χ4n) is 9.83. The summed E-state index contributed by atoms with van der Waals surface area (Å²) in [5, 5.41) is 4.03. The van der Waals surface area contributed by atoms with Gasteiger partial charge in [-0.15, -0.1) is 22.7 Å². The zero-order valence-electron chi connectivity index (χ0n) is 35.7. The van der Waals surface area contributed by atoms with E-state index in [0.29, 0.717) is 0 Å². The summed E-state index contributed by atoms with van der Waals surface area (Å²) in [4.78, 5) is 6.56. The van der Waals surface area contributed by atoms with Crippen LogP contribution in [0.5, 0.6) is 0 Å². The first-order valence-electron chi connectivity index (χ1n) is 20.7. The minimum absolute atomic E-state index is 0.0330. The van der Waals surface area contributed by atoms with Crippen LogP contribution in [0.15, 0.2) is 109 Å². The van der Waals surface area contributed by atoms with Crippen LogP contribution in [0.4, 0.5) is 33.4 Å². The molecule has 2 nitrogen and oxygen atoms in total. The maximum Gasteiger partial charge on any atom is 0.254 e. The van der Waals surface area contributed by atoms with Gasteiger partial charge in [0.2, 0.25) is 0 Å². The number of nitrogens with zero attached hydrogens (tertiary/aromatic N) is 2. The van der Waals surface area contributed by atoms with Gasteiger partial charge in [-0.2, -0.15) is 0 Å². The molecular weight excluding hydrogens is 740 g/mol. The van der Waals surface area contributed by atoms with Crippen LogP contribution in [-0.2, 0) is 10.8 Å². The molecule has 0 radical (unpaired) electrons. The predicted molar refractivity (Wildman–Crippen MR) is 258 cm³/mol. The molecule has 10 rings (SSSR count). The fourth-order valence-corrected chi connectivity index (χ4v) is 12.1. The summed E-state index contributed by atoms with van der Waals surface area (Å²) in [6, 6.07) is 42.3. The summed E-state index contributed by atoms with van der Waals surface area (Å²) in [6.45, 7) is 25.6. The molecule has 5 heteroatoms. The first kappa shape index (κ1) is 37.2. The van der Waals surface area contributed by atoms with Crippen molar-refractivity contribution in [3.05, 3.63) is 148 Å². The number of hydrogen-bond acceptors (Lipinski definition) is 4. The van der Waals surface area contributed by atoms with Gasteiger partial charge in [0.05, 0.1) is 16.4 Å². The Hall–Kier alpha value is -5.10. The molecule has 0 bridgehead atoms. The van der Waals surface area contributed by atoms with Crippen molar-refractivity contribution in [2.45, 2.75) is 87.0 Å². The zero-order chi connectivity index (χ0) is 40.6. The Morgan fingerprint density at radius 1 is 0.500 bits per heavy atom. The predicted octanol–water partition coefficient (Wildman–Crippen LogP) is 14.0. The number of rotatable bonds is 3. The second-order valence-corrected chi connectivity index (χ2v) is 21.1. The molecule has 0 aliphatic carbocycles. The normalized spacial score (nSPS) is 13.7. The molecule has 8 aromatic rings. The second kappa shape index (κ2) is 13.0. The van der Waals surface area contributed by atoms with E-state index in [-0.39, 0.29) is 17.5 Å². The minimum atomic E-state index is 0.0330. The molecule has 288 valence electrons. The van der Waals surface area contributed by atoms with Crippen molar-refractivity contribution in [2.24, 2.45) is 0 Å². The van der Waals surface area contributed by atoms with Gasteiger partial charge in [0, 0.05) is 31.3 Å². The lowest BCUT2D eigenvalue weighted by Gasteiger charge is -2.44. The molecule has 58 heavy (non-hydrogen) atoms. The molecule has 0 saturated carbocycles. The third-order valence-corrected chi connectivity index (χ3v) is 15.0. The van der Waals surface area contributed by atoms with E-state index in [1.165, 1.54) is 119 Å². The van der Waals surface area contributed by atoms with Crippen LogP contribution < -0.4 is 26.2 Å². The topological polar surface area (TPSA) is 6.48 Å². The third kappa shape index (κ3) is 5.64. The standard InChI is InChI=1S/C53H51BN2S2/c1-30-19-21-41-40(23-30)54-47-39-29-37(52(6,7)8)20-22-45(39)58-51(47)56(50-33(4)26-38(27-34(50)5)53(9,10)11)43-17-14-16-42(48(43)54)55(41)49-31(2)24-36(25-32(49)3)46-28-35-15-12-13-18-44(35)57-46/h12-29H,1-11H3. The second-order valence-electron chi connectivity index (χ2n) is 19.0. The van der Waals surface area contributed by atoms with Gasteiger partial charge < -0.3 is 9.80 Å². The Morgan fingerprint density at radius 2 is 1.14 bits per heavy atom. The van der Waals surface area contributed by atoms with Crippen molar-refractivity contribution < 1.29 is 0 Å². The van der Waals surface area contributed by atoms with Crippen molar-refractivity contribution in [3.63, 3.8) is 0 Å². The van der Waals surface area contributed by atoms with E-state index in [2.05, 4.69) is 195 Å². The highest BCUT2D eigenvalue weighted by atomic mass is 32.1. The smallest absolute Gasteiger partial charge is 0.254 e. The Balaban J connectivity index is 1.27. The van der Waals surface area contributed by atoms with Gasteiger partial charge in [0.25, 0.3) is 6.71 Å². The van der Waals surface area contributed by atoms with Gasteiger partial charge >= 0.3 is 0 Å². The van der Waals surface area contributed by atoms with Gasteiger partial charge in [-0.1, -0.05) is 108 Å². The summed E-state index contributed by atoms with van der Waals surface area (Å²) in [6.07, 6.45) is 0. The van der Waals surface area contributed by atoms with Gasteiger partial charge in [-0.25, -0.2) is 0 Å². The number of benzene rings is 6. The van der Waals surface area contributed by atoms with Crippen molar-refractivity contribution >= 4 is 99.4 Å². The Bertz CT molecular complexity index is 2920. The molecule has 2 aliphatic heterocycles. The molecule has 0 amide bonds. The quantitative estimate of drug-likeness (QED) is 0.165. The Morgan fingerprint density at radius 3 is 1.81 bits per heavy atom. The zero-order valence-corrected chi connectivity index (χ0v) is 37.3. The summed E-state index contributed by atoms with van der Waals surface area (Å²) in [5.74, 6) is 0. The van der Waals surface area contributed by atoms with Crippen LogP contribution in [0.2, 0.25) is 0 Å². The van der Waals surface area contributed by atoms with E-state index in [1.807, 2.05) is 22.7 Å². The molecule has 0 fully saturated rings.